The van der Waals surface area contributed by atoms with Gasteiger partial charge in [0, 0.05) is 10.8 Å². The zero-order valence-corrected chi connectivity index (χ0v) is 21.6. The van der Waals surface area contributed by atoms with E-state index in [4.69, 9.17) is 4.74 Å². The number of amides is 2. The highest BCUT2D eigenvalue weighted by molar-refractivity contribution is 6.21. The van der Waals surface area contributed by atoms with Gasteiger partial charge in [0.1, 0.15) is 5.75 Å². The molecule has 1 N–H and O–H groups in total. The zero-order chi connectivity index (χ0) is 28.8. The van der Waals surface area contributed by atoms with Crippen molar-refractivity contribution in [3.8, 4) is 5.75 Å². The summed E-state index contributed by atoms with van der Waals surface area (Å²) in [6.45, 7) is 2.25. The van der Waals surface area contributed by atoms with Crippen LogP contribution in [0.25, 0.3) is 10.8 Å². The summed E-state index contributed by atoms with van der Waals surface area (Å²) in [6, 6.07) is 21.4. The van der Waals surface area contributed by atoms with Crippen LogP contribution in [0.1, 0.15) is 12.0 Å². The third kappa shape index (κ3) is 6.28. The summed E-state index contributed by atoms with van der Waals surface area (Å²) in [5.41, 5.74) is 3.74. The molecule has 0 spiro atoms. The highest BCUT2D eigenvalue weighted by Gasteiger charge is 2.34. The van der Waals surface area contributed by atoms with Crippen LogP contribution in [-0.4, -0.2) is 30.1 Å². The average Bonchev–Trinajstić information content (AvgIpc) is 2.96. The third-order valence-electron chi connectivity index (χ3n) is 6.06. The number of piperidine rings is 1. The number of Topliss-reactive ketones (excluding diaryl/α,β-unsaturated/α-hetero) is 1. The van der Waals surface area contributed by atoms with E-state index in [0.717, 1.165) is 10.9 Å². The standard InChI is InChI=1S/C29H21N7O5/c1-17-14-19(8-11-23(17)33-31-18-6-9-20(10-7-18)41-16-37)32-34-24-12-13-25(22-5-3-2-4-21(22)24)35-36-28-26(38)15-27(39)30-29(28)40/h2-14,16,28H,15H2,1H3,(H,30,39,40). The molecule has 41 heavy (non-hydrogen) atoms. The van der Waals surface area contributed by atoms with Crippen molar-refractivity contribution in [2.45, 2.75) is 19.4 Å². The number of hydrogen-bond donors (Lipinski definition) is 1. The zero-order valence-electron chi connectivity index (χ0n) is 21.6. The highest BCUT2D eigenvalue weighted by atomic mass is 16.5. The van der Waals surface area contributed by atoms with Gasteiger partial charge in [-0.15, -0.1) is 5.11 Å². The average molecular weight is 548 g/mol. The van der Waals surface area contributed by atoms with E-state index in [2.05, 4.69) is 36.0 Å². The van der Waals surface area contributed by atoms with Gasteiger partial charge >= 0.3 is 0 Å². The lowest BCUT2D eigenvalue weighted by Gasteiger charge is -2.15. The van der Waals surface area contributed by atoms with E-state index in [1.165, 1.54) is 0 Å². The lowest BCUT2D eigenvalue weighted by atomic mass is 10.1. The second-order valence-corrected chi connectivity index (χ2v) is 8.90. The fourth-order valence-electron chi connectivity index (χ4n) is 4.01. The molecular formula is C29H21N7O5. The van der Waals surface area contributed by atoms with Gasteiger partial charge in [-0.3, -0.25) is 24.5 Å². The van der Waals surface area contributed by atoms with Crippen molar-refractivity contribution in [2.24, 2.45) is 30.7 Å². The molecule has 2 amide bonds. The number of carbonyl (C=O) groups is 4. The summed E-state index contributed by atoms with van der Waals surface area (Å²) in [7, 11) is 0. The van der Waals surface area contributed by atoms with Crippen LogP contribution in [0, 0.1) is 6.92 Å². The Morgan fingerprint density at radius 3 is 2.02 bits per heavy atom. The molecular weight excluding hydrogens is 526 g/mol. The minimum atomic E-state index is -1.36. The van der Waals surface area contributed by atoms with Crippen LogP contribution in [-0.2, 0) is 19.2 Å². The molecule has 1 heterocycles. The Hall–Kier alpha value is -5.78. The van der Waals surface area contributed by atoms with Crippen LogP contribution in [0.4, 0.5) is 28.4 Å². The second kappa shape index (κ2) is 11.9. The summed E-state index contributed by atoms with van der Waals surface area (Å²) < 4.78 is 4.77. The van der Waals surface area contributed by atoms with Crippen molar-refractivity contribution < 1.29 is 23.9 Å². The van der Waals surface area contributed by atoms with E-state index in [1.807, 2.05) is 37.3 Å². The van der Waals surface area contributed by atoms with Crippen molar-refractivity contribution >= 4 is 63.3 Å². The molecule has 0 saturated carbocycles. The Labute approximate surface area is 232 Å². The normalized spacial score (nSPS) is 15.7. The number of fused-ring (bicyclic) bond motifs is 1. The second-order valence-electron chi connectivity index (χ2n) is 8.90. The Morgan fingerprint density at radius 2 is 1.37 bits per heavy atom. The Kier molecular flexibility index (Phi) is 7.81. The predicted molar refractivity (Wildman–Crippen MR) is 148 cm³/mol. The number of benzene rings is 4. The topological polar surface area (TPSA) is 164 Å². The first-order valence-corrected chi connectivity index (χ1v) is 12.3. The van der Waals surface area contributed by atoms with Gasteiger partial charge in [-0.1, -0.05) is 24.3 Å². The Morgan fingerprint density at radius 1 is 0.756 bits per heavy atom. The molecule has 1 saturated heterocycles. The highest BCUT2D eigenvalue weighted by Crippen LogP contribution is 2.35. The van der Waals surface area contributed by atoms with Gasteiger partial charge in [0.05, 0.1) is 34.9 Å². The molecule has 0 radical (unpaired) electrons. The van der Waals surface area contributed by atoms with Crippen molar-refractivity contribution in [3.05, 3.63) is 84.4 Å². The first-order chi connectivity index (χ1) is 19.9. The van der Waals surface area contributed by atoms with E-state index in [1.54, 1.807) is 48.5 Å². The first kappa shape index (κ1) is 26.8. The Balaban J connectivity index is 1.34. The molecule has 4 aromatic rings. The number of hydrogen-bond acceptors (Lipinski definition) is 11. The minimum absolute atomic E-state index is 0.360. The van der Waals surface area contributed by atoms with Crippen LogP contribution in [0.15, 0.2) is 110 Å². The monoisotopic (exact) mass is 547 g/mol. The maximum Gasteiger partial charge on any atom is 0.298 e. The number of nitrogens with zero attached hydrogens (tertiary/aromatic N) is 6. The van der Waals surface area contributed by atoms with E-state index in [0.29, 0.717) is 46.0 Å². The number of ether oxygens (including phenoxy) is 1. The molecule has 1 aliphatic heterocycles. The summed E-state index contributed by atoms with van der Waals surface area (Å²) in [4.78, 5) is 45.8. The van der Waals surface area contributed by atoms with Crippen LogP contribution >= 0.6 is 0 Å². The van der Waals surface area contributed by atoms with Crippen molar-refractivity contribution in [1.82, 2.24) is 5.32 Å². The van der Waals surface area contributed by atoms with E-state index in [9.17, 15) is 19.2 Å². The van der Waals surface area contributed by atoms with Gasteiger partial charge in [-0.05, 0) is 67.1 Å². The smallest absolute Gasteiger partial charge is 0.298 e. The largest absolute Gasteiger partial charge is 0.429 e. The molecule has 1 fully saturated rings. The molecule has 0 bridgehead atoms. The summed E-state index contributed by atoms with van der Waals surface area (Å²) in [5.74, 6) is -1.61. The predicted octanol–water partition coefficient (Wildman–Crippen LogP) is 6.58. The molecule has 0 aromatic heterocycles. The van der Waals surface area contributed by atoms with Gasteiger partial charge in [-0.2, -0.15) is 25.6 Å². The fraction of sp³-hybridized carbons (Fsp3) is 0.103. The quantitative estimate of drug-likeness (QED) is 0.114. The van der Waals surface area contributed by atoms with E-state index < -0.39 is 30.1 Å². The van der Waals surface area contributed by atoms with Crippen LogP contribution in [0.5, 0.6) is 5.75 Å². The molecule has 1 unspecified atom stereocenters. The lowest BCUT2D eigenvalue weighted by Crippen LogP contribution is -2.48. The number of azo groups is 3. The molecule has 4 aromatic carbocycles. The maximum atomic E-state index is 12.1. The summed E-state index contributed by atoms with van der Waals surface area (Å²) in [5, 5.41) is 28.9. The van der Waals surface area contributed by atoms with E-state index >= 15 is 0 Å². The molecule has 1 aliphatic rings. The molecule has 1 atom stereocenters. The van der Waals surface area contributed by atoms with Gasteiger partial charge in [0.2, 0.25) is 11.9 Å². The number of aryl methyl sites for hydroxylation is 1. The van der Waals surface area contributed by atoms with Crippen LogP contribution < -0.4 is 10.1 Å². The van der Waals surface area contributed by atoms with Gasteiger partial charge in [-0.25, -0.2) is 0 Å². The first-order valence-electron chi connectivity index (χ1n) is 12.3. The third-order valence-corrected chi connectivity index (χ3v) is 6.06. The minimum Gasteiger partial charge on any atom is -0.429 e. The number of carbonyl (C=O) groups excluding carboxylic acids is 4. The summed E-state index contributed by atoms with van der Waals surface area (Å²) >= 11 is 0. The molecule has 12 nitrogen and oxygen atoms in total. The summed E-state index contributed by atoms with van der Waals surface area (Å²) in [6.07, 6.45) is -0.411. The maximum absolute atomic E-state index is 12.1. The van der Waals surface area contributed by atoms with Gasteiger partial charge in [0.25, 0.3) is 12.4 Å². The number of ketones is 1. The Bertz CT molecular complexity index is 1740. The van der Waals surface area contributed by atoms with Crippen molar-refractivity contribution in [1.29, 1.82) is 0 Å². The van der Waals surface area contributed by atoms with Crippen molar-refractivity contribution in [2.75, 3.05) is 0 Å². The molecule has 202 valence electrons. The molecule has 0 aliphatic carbocycles. The molecule has 5 rings (SSSR count). The number of nitrogens with one attached hydrogen (secondary N) is 1. The van der Waals surface area contributed by atoms with E-state index in [-0.39, 0.29) is 0 Å². The fourth-order valence-corrected chi connectivity index (χ4v) is 4.01. The van der Waals surface area contributed by atoms with Crippen LogP contribution in [0.2, 0.25) is 0 Å². The lowest BCUT2D eigenvalue weighted by molar-refractivity contribution is -0.140. The molecule has 12 heteroatoms. The van der Waals surface area contributed by atoms with Gasteiger partial charge < -0.3 is 4.74 Å². The SMILES string of the molecule is Cc1cc(N=Nc2ccc(N=NC3C(=O)CC(=O)NC3=O)c3ccccc23)ccc1N=Nc1ccc(OC=O)cc1. The number of imide groups is 1. The number of rotatable bonds is 8. The van der Waals surface area contributed by atoms with Gasteiger partial charge in [0.15, 0.2) is 5.78 Å². The van der Waals surface area contributed by atoms with Crippen LogP contribution in [0.3, 0.4) is 0 Å². The van der Waals surface area contributed by atoms with Crippen molar-refractivity contribution in [3.63, 3.8) is 0 Å².